The zero-order chi connectivity index (χ0) is 10.8. The average molecular weight is 202 g/mol. The largest absolute Gasteiger partial charge is 0.395 e. The first kappa shape index (κ1) is 13.9. The van der Waals surface area contributed by atoms with Crippen molar-refractivity contribution in [1.29, 1.82) is 0 Å². The molecule has 0 aliphatic rings. The molecule has 0 heterocycles. The fourth-order valence-corrected chi connectivity index (χ4v) is 1.57. The van der Waals surface area contributed by atoms with Crippen LogP contribution >= 0.6 is 0 Å². The van der Waals surface area contributed by atoms with Crippen molar-refractivity contribution >= 4 is 0 Å². The first-order valence-electron chi connectivity index (χ1n) is 5.84. The summed E-state index contributed by atoms with van der Waals surface area (Å²) in [5, 5.41) is 12.4. The number of likely N-dealkylation sites (N-methyl/N-ethyl adjacent to an activating group) is 1. The minimum Gasteiger partial charge on any atom is -0.395 e. The van der Waals surface area contributed by atoms with Gasteiger partial charge in [0.05, 0.1) is 6.61 Å². The number of hydrogen-bond acceptors (Lipinski definition) is 3. The predicted molar refractivity (Wildman–Crippen MR) is 61.6 cm³/mol. The third kappa shape index (κ3) is 6.35. The lowest BCUT2D eigenvalue weighted by Crippen LogP contribution is -2.38. The van der Waals surface area contributed by atoms with E-state index in [1.54, 1.807) is 0 Å². The maximum absolute atomic E-state index is 9.06. The minimum atomic E-state index is 0.256. The molecule has 3 heteroatoms. The molecule has 1 atom stereocenters. The molecule has 0 aliphatic heterocycles. The molecule has 86 valence electrons. The lowest BCUT2D eigenvalue weighted by Gasteiger charge is -2.21. The summed E-state index contributed by atoms with van der Waals surface area (Å²) in [7, 11) is 0. The fourth-order valence-electron chi connectivity index (χ4n) is 1.57. The lowest BCUT2D eigenvalue weighted by atomic mass is 10.2. The van der Waals surface area contributed by atoms with Crippen LogP contribution in [0.25, 0.3) is 0 Å². The van der Waals surface area contributed by atoms with Crippen LogP contribution in [0, 0.1) is 0 Å². The van der Waals surface area contributed by atoms with Crippen molar-refractivity contribution < 1.29 is 5.11 Å². The highest BCUT2D eigenvalue weighted by Gasteiger charge is 2.05. The molecule has 14 heavy (non-hydrogen) atoms. The highest BCUT2D eigenvalue weighted by Crippen LogP contribution is 1.95. The van der Waals surface area contributed by atoms with E-state index in [0.717, 1.165) is 39.0 Å². The Bertz CT molecular complexity index is 116. The second kappa shape index (κ2) is 9.44. The standard InChI is InChI=1S/C11H26N2O/c1-4-7-11(10-14)12-8-9-13(5-2)6-3/h11-12,14H,4-10H2,1-3H3. The predicted octanol–water partition coefficient (Wildman–Crippen LogP) is 1.08. The van der Waals surface area contributed by atoms with Crippen molar-refractivity contribution in [2.75, 3.05) is 32.8 Å². The summed E-state index contributed by atoms with van der Waals surface area (Å²) < 4.78 is 0. The van der Waals surface area contributed by atoms with Gasteiger partial charge in [-0.1, -0.05) is 27.2 Å². The molecule has 0 saturated carbocycles. The van der Waals surface area contributed by atoms with E-state index in [1.165, 1.54) is 0 Å². The summed E-state index contributed by atoms with van der Waals surface area (Å²) in [5.74, 6) is 0. The summed E-state index contributed by atoms with van der Waals surface area (Å²) in [5.41, 5.74) is 0. The Kier molecular flexibility index (Phi) is 9.35. The Morgan fingerprint density at radius 2 is 1.86 bits per heavy atom. The Morgan fingerprint density at radius 3 is 2.29 bits per heavy atom. The molecule has 0 radical (unpaired) electrons. The maximum atomic E-state index is 9.06. The number of nitrogens with zero attached hydrogens (tertiary/aromatic N) is 1. The van der Waals surface area contributed by atoms with Gasteiger partial charge in [0.25, 0.3) is 0 Å². The van der Waals surface area contributed by atoms with Gasteiger partial charge in [0.2, 0.25) is 0 Å². The highest BCUT2D eigenvalue weighted by atomic mass is 16.3. The van der Waals surface area contributed by atoms with Crippen molar-refractivity contribution in [2.24, 2.45) is 0 Å². The summed E-state index contributed by atoms with van der Waals surface area (Å²) in [6, 6.07) is 0.288. The normalized spacial score (nSPS) is 13.5. The van der Waals surface area contributed by atoms with Crippen LogP contribution in [0.15, 0.2) is 0 Å². The van der Waals surface area contributed by atoms with Crippen LogP contribution in [0.1, 0.15) is 33.6 Å². The van der Waals surface area contributed by atoms with E-state index in [1.807, 2.05) is 0 Å². The molecule has 3 nitrogen and oxygen atoms in total. The van der Waals surface area contributed by atoms with Gasteiger partial charge >= 0.3 is 0 Å². The fraction of sp³-hybridized carbons (Fsp3) is 1.00. The van der Waals surface area contributed by atoms with Gasteiger partial charge in [0, 0.05) is 19.1 Å². The smallest absolute Gasteiger partial charge is 0.0584 e. The third-order valence-corrected chi connectivity index (χ3v) is 2.61. The number of nitrogens with one attached hydrogen (secondary N) is 1. The molecule has 0 amide bonds. The van der Waals surface area contributed by atoms with Gasteiger partial charge in [-0.05, 0) is 19.5 Å². The average Bonchev–Trinajstić information content (AvgIpc) is 2.23. The Hall–Kier alpha value is -0.120. The summed E-state index contributed by atoms with van der Waals surface area (Å²) in [6.45, 7) is 11.0. The van der Waals surface area contributed by atoms with Crippen molar-refractivity contribution in [3.05, 3.63) is 0 Å². The molecule has 0 spiro atoms. The van der Waals surface area contributed by atoms with E-state index in [9.17, 15) is 0 Å². The molecular formula is C11H26N2O. The monoisotopic (exact) mass is 202 g/mol. The minimum absolute atomic E-state index is 0.256. The van der Waals surface area contributed by atoms with Gasteiger partial charge < -0.3 is 15.3 Å². The first-order chi connectivity index (χ1) is 6.78. The topological polar surface area (TPSA) is 35.5 Å². The molecule has 0 fully saturated rings. The second-order valence-corrected chi connectivity index (χ2v) is 3.65. The summed E-state index contributed by atoms with van der Waals surface area (Å²) >= 11 is 0. The maximum Gasteiger partial charge on any atom is 0.0584 e. The van der Waals surface area contributed by atoms with Crippen LogP contribution in [0.3, 0.4) is 0 Å². The van der Waals surface area contributed by atoms with Crippen molar-refractivity contribution in [3.63, 3.8) is 0 Å². The van der Waals surface area contributed by atoms with E-state index < -0.39 is 0 Å². The molecule has 0 saturated heterocycles. The van der Waals surface area contributed by atoms with E-state index in [2.05, 4.69) is 31.0 Å². The van der Waals surface area contributed by atoms with Gasteiger partial charge in [0.15, 0.2) is 0 Å². The van der Waals surface area contributed by atoms with Crippen LogP contribution < -0.4 is 5.32 Å². The molecule has 0 bridgehead atoms. The molecule has 0 aromatic heterocycles. The summed E-state index contributed by atoms with van der Waals surface area (Å²) in [6.07, 6.45) is 2.19. The molecule has 0 aromatic carbocycles. The number of aliphatic hydroxyl groups is 1. The SMILES string of the molecule is CCCC(CO)NCCN(CC)CC. The molecule has 2 N–H and O–H groups in total. The molecule has 0 aliphatic carbocycles. The van der Waals surface area contributed by atoms with Crippen LogP contribution in [0.5, 0.6) is 0 Å². The van der Waals surface area contributed by atoms with E-state index >= 15 is 0 Å². The zero-order valence-electron chi connectivity index (χ0n) is 9.92. The zero-order valence-corrected chi connectivity index (χ0v) is 9.92. The highest BCUT2D eigenvalue weighted by molar-refractivity contribution is 4.65. The first-order valence-corrected chi connectivity index (χ1v) is 5.84. The second-order valence-electron chi connectivity index (χ2n) is 3.65. The van der Waals surface area contributed by atoms with Crippen molar-refractivity contribution in [1.82, 2.24) is 10.2 Å². The van der Waals surface area contributed by atoms with E-state index in [-0.39, 0.29) is 12.6 Å². The molecule has 0 aromatic rings. The van der Waals surface area contributed by atoms with Gasteiger partial charge in [-0.3, -0.25) is 0 Å². The van der Waals surface area contributed by atoms with Gasteiger partial charge in [-0.15, -0.1) is 0 Å². The summed E-state index contributed by atoms with van der Waals surface area (Å²) in [4.78, 5) is 2.38. The molecule has 0 rings (SSSR count). The Labute approximate surface area is 88.5 Å². The van der Waals surface area contributed by atoms with Crippen molar-refractivity contribution in [3.8, 4) is 0 Å². The van der Waals surface area contributed by atoms with Crippen LogP contribution in [0.4, 0.5) is 0 Å². The lowest BCUT2D eigenvalue weighted by molar-refractivity contribution is 0.225. The Balaban J connectivity index is 3.48. The van der Waals surface area contributed by atoms with E-state index in [0.29, 0.717) is 0 Å². The van der Waals surface area contributed by atoms with Crippen LogP contribution in [-0.4, -0.2) is 48.8 Å². The van der Waals surface area contributed by atoms with Crippen LogP contribution in [0.2, 0.25) is 0 Å². The number of rotatable bonds is 9. The number of aliphatic hydroxyl groups excluding tert-OH is 1. The van der Waals surface area contributed by atoms with Crippen molar-refractivity contribution in [2.45, 2.75) is 39.7 Å². The quantitative estimate of drug-likeness (QED) is 0.587. The van der Waals surface area contributed by atoms with Gasteiger partial charge in [0.1, 0.15) is 0 Å². The van der Waals surface area contributed by atoms with Gasteiger partial charge in [-0.2, -0.15) is 0 Å². The van der Waals surface area contributed by atoms with Gasteiger partial charge in [-0.25, -0.2) is 0 Å². The third-order valence-electron chi connectivity index (χ3n) is 2.61. The molecule has 1 unspecified atom stereocenters. The van der Waals surface area contributed by atoms with E-state index in [4.69, 9.17) is 5.11 Å². The number of hydrogen-bond donors (Lipinski definition) is 2. The molecular weight excluding hydrogens is 176 g/mol. The Morgan fingerprint density at radius 1 is 1.21 bits per heavy atom. The van der Waals surface area contributed by atoms with Crippen LogP contribution in [-0.2, 0) is 0 Å².